The van der Waals surface area contributed by atoms with Crippen LogP contribution in [0.3, 0.4) is 0 Å². The highest BCUT2D eigenvalue weighted by atomic mass is 32.2. The van der Waals surface area contributed by atoms with Crippen molar-refractivity contribution in [3.63, 3.8) is 0 Å². The number of nitrogens with zero attached hydrogens (tertiary/aromatic N) is 2. The number of carbonyl (C=O) groups is 3. The fraction of sp³-hybridized carbons (Fsp3) is 0.429. The van der Waals surface area contributed by atoms with Crippen LogP contribution < -0.4 is 5.32 Å². The lowest BCUT2D eigenvalue weighted by atomic mass is 10.0. The third kappa shape index (κ3) is 7.06. The first-order valence-corrected chi connectivity index (χ1v) is 14.8. The predicted octanol–water partition coefficient (Wildman–Crippen LogP) is 3.54. The van der Waals surface area contributed by atoms with E-state index >= 15 is 0 Å². The van der Waals surface area contributed by atoms with Gasteiger partial charge in [0.2, 0.25) is 17.6 Å². The van der Waals surface area contributed by atoms with Gasteiger partial charge in [-0.1, -0.05) is 49.4 Å². The largest absolute Gasteiger partial charge is 0.434 e. The Balaban J connectivity index is 1.51. The Morgan fingerprint density at radius 2 is 1.68 bits per heavy atom. The second-order valence-electron chi connectivity index (χ2n) is 9.70. The molecule has 2 aromatic carbocycles. The number of carbonyl (C=O) groups excluding carboxylic acids is 3. The van der Waals surface area contributed by atoms with Crippen molar-refractivity contribution in [1.82, 2.24) is 15.2 Å². The maximum absolute atomic E-state index is 13.4. The summed E-state index contributed by atoms with van der Waals surface area (Å²) in [7, 11) is -3.73. The molecular weight excluding hydrogens is 506 g/mol. The second kappa shape index (κ2) is 12.3. The number of sulfone groups is 1. The summed E-state index contributed by atoms with van der Waals surface area (Å²) >= 11 is 0. The molecule has 1 N–H and O–H groups in total. The number of benzene rings is 2. The van der Waals surface area contributed by atoms with Crippen LogP contribution in [0.2, 0.25) is 0 Å². The molecule has 1 aromatic heterocycles. The minimum atomic E-state index is -3.73. The number of likely N-dealkylation sites (tertiary alicyclic amines) is 1. The van der Waals surface area contributed by atoms with Crippen molar-refractivity contribution in [2.24, 2.45) is 5.92 Å². The third-order valence-electron chi connectivity index (χ3n) is 6.73. The minimum Gasteiger partial charge on any atom is -0.434 e. The van der Waals surface area contributed by atoms with Crippen LogP contribution in [0.1, 0.15) is 55.3 Å². The standard InChI is InChI=1S/C28H33N3O6S/c1-2-22(26(33)28-30-23-13-7-8-14-24(23)37-28)29-27(34)21(17-25(32)31-15-9-4-10-16-31)19-38(35,36)18-20-11-5-3-6-12-20/h3,5-8,11-14,21-22H,2,4,9-10,15-19H2,1H3,(H,29,34). The molecule has 0 aliphatic carbocycles. The van der Waals surface area contributed by atoms with Crippen molar-refractivity contribution in [2.45, 2.75) is 50.8 Å². The molecule has 1 aliphatic rings. The van der Waals surface area contributed by atoms with E-state index in [0.29, 0.717) is 29.8 Å². The Kier molecular flexibility index (Phi) is 8.93. The van der Waals surface area contributed by atoms with Crippen LogP contribution in [0.5, 0.6) is 0 Å². The molecular formula is C28H33N3O6S. The topological polar surface area (TPSA) is 127 Å². The van der Waals surface area contributed by atoms with Gasteiger partial charge >= 0.3 is 0 Å². The van der Waals surface area contributed by atoms with Crippen LogP contribution in [0, 0.1) is 5.92 Å². The van der Waals surface area contributed by atoms with Gasteiger partial charge in [0, 0.05) is 19.5 Å². The number of aromatic nitrogens is 1. The first-order valence-electron chi connectivity index (χ1n) is 13.0. The Hall–Kier alpha value is -3.53. The zero-order chi connectivity index (χ0) is 27.1. The van der Waals surface area contributed by atoms with E-state index in [2.05, 4.69) is 10.3 Å². The van der Waals surface area contributed by atoms with E-state index in [0.717, 1.165) is 19.3 Å². The number of para-hydroxylation sites is 2. The number of amides is 2. The highest BCUT2D eigenvalue weighted by molar-refractivity contribution is 7.90. The van der Waals surface area contributed by atoms with Crippen LogP contribution >= 0.6 is 0 Å². The highest BCUT2D eigenvalue weighted by Gasteiger charge is 2.33. The van der Waals surface area contributed by atoms with Crippen molar-refractivity contribution >= 4 is 38.5 Å². The number of hydrogen-bond donors (Lipinski definition) is 1. The summed E-state index contributed by atoms with van der Waals surface area (Å²) < 4.78 is 31.7. The van der Waals surface area contributed by atoms with E-state index in [9.17, 15) is 22.8 Å². The number of fused-ring (bicyclic) bond motifs is 1. The average Bonchev–Trinajstić information content (AvgIpc) is 3.36. The van der Waals surface area contributed by atoms with Gasteiger partial charge in [-0.05, 0) is 43.4 Å². The maximum atomic E-state index is 13.4. The van der Waals surface area contributed by atoms with Crippen LogP contribution in [-0.2, 0) is 25.2 Å². The molecule has 1 fully saturated rings. The van der Waals surface area contributed by atoms with Gasteiger partial charge in [0.1, 0.15) is 5.52 Å². The van der Waals surface area contributed by atoms with E-state index in [4.69, 9.17) is 4.42 Å². The first-order chi connectivity index (χ1) is 18.3. The minimum absolute atomic E-state index is 0.129. The molecule has 1 aliphatic heterocycles. The maximum Gasteiger partial charge on any atom is 0.266 e. The molecule has 2 atom stereocenters. The van der Waals surface area contributed by atoms with Crippen LogP contribution in [0.4, 0.5) is 0 Å². The molecule has 0 saturated carbocycles. The number of nitrogens with one attached hydrogen (secondary N) is 1. The molecule has 0 radical (unpaired) electrons. The molecule has 202 valence electrons. The van der Waals surface area contributed by atoms with Crippen LogP contribution in [0.25, 0.3) is 11.1 Å². The van der Waals surface area contributed by atoms with Gasteiger partial charge in [0.25, 0.3) is 5.89 Å². The molecule has 2 heterocycles. The summed E-state index contributed by atoms with van der Waals surface area (Å²) in [5, 5.41) is 2.68. The van der Waals surface area contributed by atoms with E-state index in [-0.39, 0.29) is 30.4 Å². The molecule has 3 aromatic rings. The van der Waals surface area contributed by atoms with Crippen LogP contribution in [0.15, 0.2) is 59.0 Å². The van der Waals surface area contributed by atoms with Crippen molar-refractivity contribution in [2.75, 3.05) is 18.8 Å². The fourth-order valence-electron chi connectivity index (χ4n) is 4.67. The van der Waals surface area contributed by atoms with E-state index in [1.807, 2.05) is 0 Å². The summed E-state index contributed by atoms with van der Waals surface area (Å²) in [6.07, 6.45) is 2.80. The highest BCUT2D eigenvalue weighted by Crippen LogP contribution is 2.19. The summed E-state index contributed by atoms with van der Waals surface area (Å²) in [5.41, 5.74) is 1.58. The lowest BCUT2D eigenvalue weighted by Gasteiger charge is -2.28. The number of hydrogen-bond acceptors (Lipinski definition) is 7. The molecule has 38 heavy (non-hydrogen) atoms. The van der Waals surface area contributed by atoms with Crippen molar-refractivity contribution < 1.29 is 27.2 Å². The summed E-state index contributed by atoms with van der Waals surface area (Å²) in [6, 6.07) is 14.7. The van der Waals surface area contributed by atoms with E-state index in [1.54, 1.807) is 66.4 Å². The van der Waals surface area contributed by atoms with Gasteiger partial charge in [0.15, 0.2) is 15.4 Å². The Labute approximate surface area is 222 Å². The average molecular weight is 540 g/mol. The van der Waals surface area contributed by atoms with Gasteiger partial charge in [-0.25, -0.2) is 13.4 Å². The van der Waals surface area contributed by atoms with Crippen LogP contribution in [-0.4, -0.2) is 60.8 Å². The second-order valence-corrected chi connectivity index (χ2v) is 11.8. The van der Waals surface area contributed by atoms with E-state index in [1.165, 1.54) is 0 Å². The summed E-state index contributed by atoms with van der Waals surface area (Å²) in [5.74, 6) is -3.42. The van der Waals surface area contributed by atoms with Crippen molar-refractivity contribution in [3.8, 4) is 0 Å². The SMILES string of the molecule is CCC(NC(=O)C(CC(=O)N1CCCCC1)CS(=O)(=O)Cc1ccccc1)C(=O)c1nc2ccccc2o1. The third-order valence-corrected chi connectivity index (χ3v) is 8.41. The fourth-order valence-corrected chi connectivity index (χ4v) is 6.37. The van der Waals surface area contributed by atoms with Gasteiger partial charge < -0.3 is 14.6 Å². The quantitative estimate of drug-likeness (QED) is 0.369. The number of piperidine rings is 1. The summed E-state index contributed by atoms with van der Waals surface area (Å²) in [6.45, 7) is 2.92. The number of rotatable bonds is 11. The first kappa shape index (κ1) is 27.5. The predicted molar refractivity (Wildman–Crippen MR) is 143 cm³/mol. The molecule has 2 amide bonds. The number of Topliss-reactive ketones (excluding diaryl/α,β-unsaturated/α-hetero) is 1. The van der Waals surface area contributed by atoms with E-state index < -0.39 is 39.2 Å². The molecule has 1 saturated heterocycles. The van der Waals surface area contributed by atoms with Crippen molar-refractivity contribution in [3.05, 3.63) is 66.1 Å². The molecule has 0 spiro atoms. The van der Waals surface area contributed by atoms with Gasteiger partial charge in [-0.15, -0.1) is 0 Å². The number of ketones is 1. The van der Waals surface area contributed by atoms with Crippen molar-refractivity contribution in [1.29, 1.82) is 0 Å². The number of oxazole rings is 1. The Morgan fingerprint density at radius 3 is 2.37 bits per heavy atom. The lowest BCUT2D eigenvalue weighted by molar-refractivity contribution is -0.136. The molecule has 0 bridgehead atoms. The lowest BCUT2D eigenvalue weighted by Crippen LogP contribution is -2.47. The van der Waals surface area contributed by atoms with Gasteiger partial charge in [-0.2, -0.15) is 0 Å². The smallest absolute Gasteiger partial charge is 0.266 e. The van der Waals surface area contributed by atoms with Gasteiger partial charge in [0.05, 0.1) is 23.5 Å². The molecule has 10 heteroatoms. The van der Waals surface area contributed by atoms with Gasteiger partial charge in [-0.3, -0.25) is 14.4 Å². The summed E-state index contributed by atoms with van der Waals surface area (Å²) in [4.78, 5) is 45.5. The molecule has 9 nitrogen and oxygen atoms in total. The monoisotopic (exact) mass is 539 g/mol. The zero-order valence-electron chi connectivity index (χ0n) is 21.5. The Morgan fingerprint density at radius 1 is 1.00 bits per heavy atom. The Bertz CT molecular complexity index is 1350. The normalized spacial score (nSPS) is 15.7. The molecule has 2 unspecified atom stereocenters. The zero-order valence-corrected chi connectivity index (χ0v) is 22.3. The molecule has 4 rings (SSSR count).